The smallest absolute Gasteiger partial charge is 0.323 e. The summed E-state index contributed by atoms with van der Waals surface area (Å²) in [6.07, 6.45) is 1.27. The van der Waals surface area contributed by atoms with Gasteiger partial charge in [-0.1, -0.05) is 6.07 Å². The van der Waals surface area contributed by atoms with Gasteiger partial charge in [0.2, 0.25) is 0 Å². The van der Waals surface area contributed by atoms with Crippen LogP contribution in [0.1, 0.15) is 24.3 Å². The van der Waals surface area contributed by atoms with E-state index in [1.165, 1.54) is 0 Å². The lowest BCUT2D eigenvalue weighted by atomic mass is 9.96. The molecule has 0 bridgehead atoms. The molecule has 2 N–H and O–H groups in total. The SMILES string of the molecule is CC1CC(C(Cl)c2ccc3[nH]c(=O)[nH]c3c2)CO1. The van der Waals surface area contributed by atoms with Gasteiger partial charge in [0.1, 0.15) is 0 Å². The van der Waals surface area contributed by atoms with Crippen LogP contribution in [0, 0.1) is 5.92 Å². The lowest BCUT2D eigenvalue weighted by Crippen LogP contribution is -2.08. The molecule has 0 spiro atoms. The summed E-state index contributed by atoms with van der Waals surface area (Å²) >= 11 is 6.50. The number of ether oxygens (including phenoxy) is 1. The predicted molar refractivity (Wildman–Crippen MR) is 71.0 cm³/mol. The molecule has 0 amide bonds. The number of aromatic nitrogens is 2. The second-order valence-electron chi connectivity index (χ2n) is 4.93. The van der Waals surface area contributed by atoms with E-state index in [9.17, 15) is 4.79 Å². The van der Waals surface area contributed by atoms with Gasteiger partial charge in [-0.25, -0.2) is 4.79 Å². The molecule has 3 rings (SSSR count). The van der Waals surface area contributed by atoms with Crippen molar-refractivity contribution in [2.75, 3.05) is 6.61 Å². The highest BCUT2D eigenvalue weighted by Gasteiger charge is 2.29. The molecule has 1 fully saturated rings. The molecule has 1 aliphatic rings. The molecule has 1 saturated heterocycles. The first kappa shape index (κ1) is 11.8. The average Bonchev–Trinajstić information content (AvgIpc) is 2.92. The zero-order valence-corrected chi connectivity index (χ0v) is 10.8. The van der Waals surface area contributed by atoms with E-state index < -0.39 is 0 Å². The molecular formula is C13H15ClN2O2. The summed E-state index contributed by atoms with van der Waals surface area (Å²) in [6, 6.07) is 5.79. The van der Waals surface area contributed by atoms with E-state index in [0.29, 0.717) is 12.5 Å². The van der Waals surface area contributed by atoms with Crippen LogP contribution < -0.4 is 5.69 Å². The zero-order valence-electron chi connectivity index (χ0n) is 10.1. The van der Waals surface area contributed by atoms with E-state index in [1.807, 2.05) is 18.2 Å². The summed E-state index contributed by atoms with van der Waals surface area (Å²) < 4.78 is 5.55. The highest BCUT2D eigenvalue weighted by Crippen LogP contribution is 2.36. The van der Waals surface area contributed by atoms with Crippen LogP contribution in [-0.2, 0) is 4.74 Å². The van der Waals surface area contributed by atoms with Crippen molar-refractivity contribution in [3.63, 3.8) is 0 Å². The Morgan fingerprint density at radius 1 is 1.39 bits per heavy atom. The molecule has 18 heavy (non-hydrogen) atoms. The number of fused-ring (bicyclic) bond motifs is 1. The summed E-state index contributed by atoms with van der Waals surface area (Å²) in [5, 5.41) is -0.0715. The molecule has 1 aromatic heterocycles. The van der Waals surface area contributed by atoms with Gasteiger partial charge in [-0.15, -0.1) is 11.6 Å². The normalized spacial score (nSPS) is 25.7. The Kier molecular flexibility index (Phi) is 2.92. The Labute approximate surface area is 109 Å². The fraction of sp³-hybridized carbons (Fsp3) is 0.462. The number of H-pyrrole nitrogens is 2. The fourth-order valence-corrected chi connectivity index (χ4v) is 2.86. The Hall–Kier alpha value is -1.26. The summed E-state index contributed by atoms with van der Waals surface area (Å²) in [6.45, 7) is 2.77. The van der Waals surface area contributed by atoms with E-state index >= 15 is 0 Å². The highest BCUT2D eigenvalue weighted by atomic mass is 35.5. The van der Waals surface area contributed by atoms with Gasteiger partial charge in [-0.2, -0.15) is 0 Å². The Balaban J connectivity index is 1.91. The first-order chi connectivity index (χ1) is 8.63. The van der Waals surface area contributed by atoms with Crippen LogP contribution in [0.2, 0.25) is 0 Å². The van der Waals surface area contributed by atoms with Crippen LogP contribution in [0.4, 0.5) is 0 Å². The lowest BCUT2D eigenvalue weighted by molar-refractivity contribution is 0.120. The molecule has 0 saturated carbocycles. The van der Waals surface area contributed by atoms with Crippen LogP contribution in [-0.4, -0.2) is 22.7 Å². The molecule has 2 heterocycles. The molecule has 1 aliphatic heterocycles. The summed E-state index contributed by atoms with van der Waals surface area (Å²) in [4.78, 5) is 16.7. The quantitative estimate of drug-likeness (QED) is 0.821. The minimum atomic E-state index is -0.189. The Morgan fingerprint density at radius 2 is 2.17 bits per heavy atom. The van der Waals surface area contributed by atoms with Crippen molar-refractivity contribution in [1.29, 1.82) is 0 Å². The monoisotopic (exact) mass is 266 g/mol. The molecule has 96 valence electrons. The molecule has 2 aromatic rings. The lowest BCUT2D eigenvalue weighted by Gasteiger charge is -2.15. The number of imidazole rings is 1. The van der Waals surface area contributed by atoms with Crippen LogP contribution in [0.5, 0.6) is 0 Å². The average molecular weight is 267 g/mol. The highest BCUT2D eigenvalue weighted by molar-refractivity contribution is 6.21. The van der Waals surface area contributed by atoms with Crippen molar-refractivity contribution in [2.24, 2.45) is 5.92 Å². The maximum absolute atomic E-state index is 11.2. The number of hydrogen-bond acceptors (Lipinski definition) is 2. The van der Waals surface area contributed by atoms with Crippen molar-refractivity contribution in [3.8, 4) is 0 Å². The summed E-state index contributed by atoms with van der Waals surface area (Å²) in [7, 11) is 0. The van der Waals surface area contributed by atoms with Crippen molar-refractivity contribution in [1.82, 2.24) is 9.97 Å². The van der Waals surface area contributed by atoms with Gasteiger partial charge >= 0.3 is 5.69 Å². The maximum Gasteiger partial charge on any atom is 0.323 e. The first-order valence-corrected chi connectivity index (χ1v) is 6.55. The van der Waals surface area contributed by atoms with Gasteiger partial charge in [-0.3, -0.25) is 0 Å². The van der Waals surface area contributed by atoms with Gasteiger partial charge in [0.05, 0.1) is 29.1 Å². The maximum atomic E-state index is 11.2. The second kappa shape index (κ2) is 4.44. The van der Waals surface area contributed by atoms with Gasteiger partial charge in [0.15, 0.2) is 0 Å². The van der Waals surface area contributed by atoms with Crippen LogP contribution in [0.3, 0.4) is 0 Å². The number of halogens is 1. The third-order valence-electron chi connectivity index (χ3n) is 3.50. The largest absolute Gasteiger partial charge is 0.378 e. The minimum absolute atomic E-state index is 0.0715. The first-order valence-electron chi connectivity index (χ1n) is 6.11. The number of aromatic amines is 2. The van der Waals surface area contributed by atoms with E-state index in [1.54, 1.807) is 0 Å². The number of alkyl halides is 1. The number of hydrogen-bond donors (Lipinski definition) is 2. The van der Waals surface area contributed by atoms with E-state index in [4.69, 9.17) is 16.3 Å². The molecule has 4 nitrogen and oxygen atoms in total. The number of nitrogens with one attached hydrogen (secondary N) is 2. The van der Waals surface area contributed by atoms with E-state index in [2.05, 4.69) is 16.9 Å². The molecule has 0 radical (unpaired) electrons. The molecule has 5 heteroatoms. The van der Waals surface area contributed by atoms with Gasteiger partial charge < -0.3 is 14.7 Å². The summed E-state index contributed by atoms with van der Waals surface area (Å²) in [5.74, 6) is 0.338. The number of rotatable bonds is 2. The number of benzene rings is 1. The second-order valence-corrected chi connectivity index (χ2v) is 5.40. The summed E-state index contributed by atoms with van der Waals surface area (Å²) in [5.41, 5.74) is 2.45. The van der Waals surface area contributed by atoms with Crippen molar-refractivity contribution >= 4 is 22.6 Å². The molecular weight excluding hydrogens is 252 g/mol. The van der Waals surface area contributed by atoms with Crippen LogP contribution >= 0.6 is 11.6 Å². The molecule has 3 unspecified atom stereocenters. The third-order valence-corrected chi connectivity index (χ3v) is 4.11. The van der Waals surface area contributed by atoms with Crippen molar-refractivity contribution < 1.29 is 4.74 Å². The standard InChI is InChI=1S/C13H15ClN2O2/c1-7-4-9(6-18-7)12(14)8-2-3-10-11(5-8)16-13(17)15-10/h2-3,5,7,9,12H,4,6H2,1H3,(H2,15,16,17). The zero-order chi connectivity index (χ0) is 12.7. The van der Waals surface area contributed by atoms with Gasteiger partial charge in [0.25, 0.3) is 0 Å². The minimum Gasteiger partial charge on any atom is -0.378 e. The van der Waals surface area contributed by atoms with Crippen molar-refractivity contribution in [3.05, 3.63) is 34.2 Å². The van der Waals surface area contributed by atoms with Crippen LogP contribution in [0.15, 0.2) is 23.0 Å². The fourth-order valence-electron chi connectivity index (χ4n) is 2.55. The Bertz CT molecular complexity index is 619. The van der Waals surface area contributed by atoms with Gasteiger partial charge in [-0.05, 0) is 31.0 Å². The predicted octanol–water partition coefficient (Wildman–Crippen LogP) is 2.56. The molecule has 3 atom stereocenters. The molecule has 1 aromatic carbocycles. The Morgan fingerprint density at radius 3 is 2.89 bits per heavy atom. The topological polar surface area (TPSA) is 57.9 Å². The van der Waals surface area contributed by atoms with E-state index in [-0.39, 0.29) is 17.2 Å². The molecule has 0 aliphatic carbocycles. The third kappa shape index (κ3) is 2.06. The van der Waals surface area contributed by atoms with Gasteiger partial charge in [0, 0.05) is 5.92 Å². The van der Waals surface area contributed by atoms with Crippen LogP contribution in [0.25, 0.3) is 11.0 Å². The van der Waals surface area contributed by atoms with E-state index in [0.717, 1.165) is 23.0 Å². The van der Waals surface area contributed by atoms with Crippen molar-refractivity contribution in [2.45, 2.75) is 24.8 Å².